The number of phenols is 1. The predicted octanol–water partition coefficient (Wildman–Crippen LogP) is 10.0. The third-order valence-corrected chi connectivity index (χ3v) is 16.0. The number of nitrogens with one attached hydrogen (secondary N) is 2. The van der Waals surface area contributed by atoms with Gasteiger partial charge in [-0.3, -0.25) is 4.79 Å². The van der Waals surface area contributed by atoms with E-state index in [-0.39, 0.29) is 79.3 Å². The van der Waals surface area contributed by atoms with Crippen molar-refractivity contribution in [1.82, 2.24) is 10.3 Å². The van der Waals surface area contributed by atoms with Crippen molar-refractivity contribution in [3.63, 3.8) is 0 Å². The van der Waals surface area contributed by atoms with Gasteiger partial charge < -0.3 is 54.6 Å². The van der Waals surface area contributed by atoms with Crippen molar-refractivity contribution in [1.29, 1.82) is 0 Å². The molecule has 5 heterocycles. The maximum atomic E-state index is 14.8. The van der Waals surface area contributed by atoms with Crippen LogP contribution in [0.3, 0.4) is 0 Å². The van der Waals surface area contributed by atoms with Crippen LogP contribution in [-0.4, -0.2) is 89.9 Å². The van der Waals surface area contributed by atoms with Crippen molar-refractivity contribution in [2.75, 3.05) is 51.5 Å². The number of aliphatic hydroxyl groups excluding tert-OH is 3. The molecule has 2 fully saturated rings. The number of rotatable bonds is 11. The number of Topliss-reactive ketones (excluding diaryl/α,β-unsaturated/α-hetero) is 1. The van der Waals surface area contributed by atoms with E-state index in [2.05, 4.69) is 70.7 Å². The number of aromatic nitrogens is 1. The average molecular weight is 1000 g/mol. The highest BCUT2D eigenvalue weighted by atomic mass is 16.5. The number of phenolic OH excluding ortho intramolecular Hbond substituents is 1. The van der Waals surface area contributed by atoms with Gasteiger partial charge in [-0.2, -0.15) is 0 Å². The fourth-order valence-electron chi connectivity index (χ4n) is 12.0. The maximum Gasteiger partial charge on any atom is 0.204 e. The molecule has 1 aromatic heterocycles. The number of aromatic amines is 1. The topological polar surface area (TPSA) is 166 Å². The van der Waals surface area contributed by atoms with E-state index in [0.29, 0.717) is 36.3 Å². The molecule has 1 spiro atoms. The van der Waals surface area contributed by atoms with Crippen LogP contribution in [0, 0.1) is 5.92 Å². The Bertz CT molecular complexity index is 2930. The number of fused-ring (bicyclic) bond motifs is 7. The number of carbonyl (C=O) groups is 1. The Labute approximate surface area is 435 Å². The fraction of sp³-hybridized carbons (Fsp3) is 0.403. The summed E-state index contributed by atoms with van der Waals surface area (Å²) in [6.07, 6.45) is 10.1. The fourth-order valence-corrected chi connectivity index (χ4v) is 12.0. The van der Waals surface area contributed by atoms with Gasteiger partial charge in [0.1, 0.15) is 29.0 Å². The number of ketones is 1. The first-order valence-electron chi connectivity index (χ1n) is 26.7. The molecular formula is C62H71N3O9. The minimum Gasteiger partial charge on any atom is -0.508 e. The second-order valence-corrected chi connectivity index (χ2v) is 20.6. The molecule has 4 atom stereocenters. The van der Waals surface area contributed by atoms with E-state index in [4.69, 9.17) is 18.9 Å². The smallest absolute Gasteiger partial charge is 0.204 e. The zero-order valence-electron chi connectivity index (χ0n) is 42.8. The van der Waals surface area contributed by atoms with Crippen LogP contribution < -0.4 is 29.2 Å². The molecule has 11 rings (SSSR count). The number of nitrogens with zero attached hydrogens (tertiary/aromatic N) is 1. The van der Waals surface area contributed by atoms with E-state index in [1.54, 1.807) is 30.3 Å². The molecule has 388 valence electrons. The normalized spacial score (nSPS) is 20.1. The number of hydrogen-bond acceptors (Lipinski definition) is 11. The summed E-state index contributed by atoms with van der Waals surface area (Å²) in [5.74, 6) is 1.70. The summed E-state index contributed by atoms with van der Waals surface area (Å²) in [4.78, 5) is 21.3. The van der Waals surface area contributed by atoms with Crippen molar-refractivity contribution in [3.8, 4) is 39.9 Å². The van der Waals surface area contributed by atoms with E-state index in [0.717, 1.165) is 96.5 Å². The largest absolute Gasteiger partial charge is 0.508 e. The number of methoxy groups -OCH3 is 1. The zero-order valence-corrected chi connectivity index (χ0v) is 42.8. The molecule has 1 saturated heterocycles. The number of piperazine rings is 1. The highest BCUT2D eigenvalue weighted by molar-refractivity contribution is 6.04. The molecule has 4 bridgehead atoms. The van der Waals surface area contributed by atoms with E-state index < -0.39 is 18.1 Å². The number of carbonyl (C=O) groups excluding carboxylic acids is 1. The molecule has 6 N–H and O–H groups in total. The summed E-state index contributed by atoms with van der Waals surface area (Å²) in [6.45, 7) is 4.52. The molecule has 0 amide bonds. The molecule has 12 heteroatoms. The summed E-state index contributed by atoms with van der Waals surface area (Å²) in [6, 6.07) is 34.3. The van der Waals surface area contributed by atoms with Gasteiger partial charge in [0, 0.05) is 60.8 Å². The lowest BCUT2D eigenvalue weighted by Gasteiger charge is -2.51. The third-order valence-electron chi connectivity index (χ3n) is 16.0. The Morgan fingerprint density at radius 2 is 1.73 bits per heavy atom. The first kappa shape index (κ1) is 50.9. The standard InChI is InChI=1S/C62H71N3O9/c1-3-48-34-52-45-14-10-13-41(31-45)16-24-51-57-56(53(70)35-54(74-57)43-18-22-49(68)23-19-43)59(72-30-25-50(69)21-15-40-11-6-4-7-12-40)60(71-2)58(51)73-39-42(37-66)32-44-17-20-47(33-46(44)38-67)62(26-8-5-9-27-62)55-36-63-28-29-65(55)61(52)64-48/h4,6-7,10-15,17-23,31,33-34,42,50,54-55,63-64,66-69H,3,5,8-9,16,24-30,32,35-39H2,1-2H3. The first-order chi connectivity index (χ1) is 36.2. The number of aromatic hydroxyl groups is 1. The molecule has 12 nitrogen and oxygen atoms in total. The van der Waals surface area contributed by atoms with Gasteiger partial charge in [0.25, 0.3) is 0 Å². The maximum absolute atomic E-state index is 14.8. The monoisotopic (exact) mass is 1000 g/mol. The van der Waals surface area contributed by atoms with Crippen molar-refractivity contribution in [2.45, 2.75) is 108 Å². The Morgan fingerprint density at radius 1 is 0.905 bits per heavy atom. The molecule has 5 aromatic carbocycles. The van der Waals surface area contributed by atoms with Crippen LogP contribution >= 0.6 is 0 Å². The first-order valence-corrected chi connectivity index (χ1v) is 26.7. The molecule has 4 aliphatic heterocycles. The van der Waals surface area contributed by atoms with Gasteiger partial charge in [0.15, 0.2) is 17.3 Å². The van der Waals surface area contributed by atoms with Gasteiger partial charge >= 0.3 is 0 Å². The summed E-state index contributed by atoms with van der Waals surface area (Å²) >= 11 is 0. The SMILES string of the molecule is CCc1cc2c([nH]1)N1CCNCC1C1(CCCCC1)c1ccc(c(CO)c1)CC(CO)COc1c(c3c(c(OCCC(O)C=Cc4ccccc4)c1OC)C(=O)CC(c1ccc(O)cc1)O3)CCc1cccc-2c1. The van der Waals surface area contributed by atoms with Crippen LogP contribution in [-0.2, 0) is 37.7 Å². The summed E-state index contributed by atoms with van der Waals surface area (Å²) in [7, 11) is 1.53. The summed E-state index contributed by atoms with van der Waals surface area (Å²) in [5, 5.41) is 47.4. The van der Waals surface area contributed by atoms with Crippen LogP contribution in [0.25, 0.3) is 17.2 Å². The Hall–Kier alpha value is -6.57. The second-order valence-electron chi connectivity index (χ2n) is 20.6. The van der Waals surface area contributed by atoms with Gasteiger partial charge in [-0.1, -0.05) is 123 Å². The lowest BCUT2D eigenvalue weighted by Crippen LogP contribution is -2.61. The van der Waals surface area contributed by atoms with Crippen LogP contribution in [0.4, 0.5) is 5.82 Å². The minimum absolute atomic E-state index is 0.00773. The van der Waals surface area contributed by atoms with Crippen LogP contribution in [0.1, 0.15) is 113 Å². The highest BCUT2D eigenvalue weighted by Crippen LogP contribution is 2.54. The van der Waals surface area contributed by atoms with Crippen molar-refractivity contribution in [2.24, 2.45) is 5.92 Å². The van der Waals surface area contributed by atoms with Crippen molar-refractivity contribution in [3.05, 3.63) is 159 Å². The van der Waals surface area contributed by atoms with E-state index >= 15 is 0 Å². The molecular weight excluding hydrogens is 931 g/mol. The van der Waals surface area contributed by atoms with Gasteiger partial charge in [0.05, 0.1) is 45.5 Å². The van der Waals surface area contributed by atoms with Gasteiger partial charge in [-0.25, -0.2) is 0 Å². The summed E-state index contributed by atoms with van der Waals surface area (Å²) < 4.78 is 26.8. The number of aliphatic hydroxyl groups is 3. The van der Waals surface area contributed by atoms with Crippen LogP contribution in [0.5, 0.6) is 28.7 Å². The molecule has 1 aliphatic carbocycles. The average Bonchev–Trinajstić information content (AvgIpc) is 3.89. The quantitative estimate of drug-likeness (QED) is 0.0732. The predicted molar refractivity (Wildman–Crippen MR) is 289 cm³/mol. The van der Waals surface area contributed by atoms with Gasteiger partial charge in [-0.05, 0) is 95.7 Å². The number of H-pyrrole nitrogens is 1. The Kier molecular flexibility index (Phi) is 15.8. The zero-order chi connectivity index (χ0) is 51.2. The lowest BCUT2D eigenvalue weighted by atomic mass is 9.63. The minimum atomic E-state index is -0.840. The lowest BCUT2D eigenvalue weighted by molar-refractivity contribution is 0.0834. The Morgan fingerprint density at radius 3 is 2.50 bits per heavy atom. The second kappa shape index (κ2) is 22.9. The molecule has 5 aliphatic rings. The summed E-state index contributed by atoms with van der Waals surface area (Å²) in [5.41, 5.74) is 9.95. The number of ether oxygens (including phenoxy) is 4. The van der Waals surface area contributed by atoms with Crippen molar-refractivity contribution < 1.29 is 44.2 Å². The number of hydrogen-bond donors (Lipinski definition) is 6. The van der Waals surface area contributed by atoms with E-state index in [9.17, 15) is 25.2 Å². The van der Waals surface area contributed by atoms with E-state index in [1.165, 1.54) is 24.8 Å². The number of anilines is 1. The van der Waals surface area contributed by atoms with E-state index in [1.807, 2.05) is 36.4 Å². The Balaban J connectivity index is 1.11. The number of aryl methyl sites for hydroxylation is 2. The third kappa shape index (κ3) is 10.6. The van der Waals surface area contributed by atoms with Crippen LogP contribution in [0.2, 0.25) is 0 Å². The molecule has 74 heavy (non-hydrogen) atoms. The van der Waals surface area contributed by atoms with Crippen molar-refractivity contribution >= 4 is 17.7 Å². The van der Waals surface area contributed by atoms with Gasteiger partial charge in [0.2, 0.25) is 5.75 Å². The molecule has 0 radical (unpaired) electrons. The highest BCUT2D eigenvalue weighted by Gasteiger charge is 2.46. The molecule has 4 unspecified atom stereocenters. The number of benzene rings is 5. The molecule has 6 aromatic rings. The van der Waals surface area contributed by atoms with Gasteiger partial charge in [-0.15, -0.1) is 0 Å². The van der Waals surface area contributed by atoms with Crippen LogP contribution in [0.15, 0.2) is 109 Å². The molecule has 1 saturated carbocycles.